The molecule has 3 atom stereocenters. The number of aromatic nitrogens is 2. The van der Waals surface area contributed by atoms with Crippen LogP contribution in [-0.2, 0) is 4.79 Å². The largest absolute Gasteiger partial charge is 0.336 e. The lowest BCUT2D eigenvalue weighted by molar-refractivity contribution is -0.497. The van der Waals surface area contributed by atoms with Gasteiger partial charge < -0.3 is 5.32 Å². The van der Waals surface area contributed by atoms with Gasteiger partial charge in [-0.2, -0.15) is 10.4 Å². The third kappa shape index (κ3) is 3.03. The molecule has 1 amide bonds. The molecule has 1 aliphatic carbocycles. The summed E-state index contributed by atoms with van der Waals surface area (Å²) in [5, 5.41) is 26.6. The number of benzene rings is 1. The molecule has 1 aliphatic rings. The Morgan fingerprint density at radius 1 is 1.48 bits per heavy atom. The first kappa shape index (κ1) is 14.7. The predicted molar refractivity (Wildman–Crippen MR) is 79.0 cm³/mol. The third-order valence-electron chi connectivity index (χ3n) is 3.74. The van der Waals surface area contributed by atoms with E-state index in [1.54, 1.807) is 10.9 Å². The molecule has 1 aromatic carbocycles. The van der Waals surface area contributed by atoms with E-state index in [1.807, 2.05) is 36.4 Å². The van der Waals surface area contributed by atoms with E-state index in [0.29, 0.717) is 5.56 Å². The molecule has 0 radical (unpaired) electrons. The maximum absolute atomic E-state index is 11.9. The number of carbonyl (C=O) groups excluding carboxylic acids is 1. The van der Waals surface area contributed by atoms with E-state index in [4.69, 9.17) is 0 Å². The Labute approximate surface area is 131 Å². The molecule has 1 N–H and O–H groups in total. The number of nitriles is 1. The Kier molecular flexibility index (Phi) is 3.76. The molecular weight excluding hydrogens is 298 g/mol. The number of para-hydroxylation sites is 1. The number of nitrogens with zero attached hydrogens (tertiary/aromatic N) is 4. The van der Waals surface area contributed by atoms with Crippen LogP contribution in [-0.4, -0.2) is 26.7 Å². The number of amides is 1. The first-order chi connectivity index (χ1) is 11.1. The molecule has 1 aromatic heterocycles. The Balaban J connectivity index is 1.70. The van der Waals surface area contributed by atoms with E-state index >= 15 is 0 Å². The van der Waals surface area contributed by atoms with Gasteiger partial charge in [-0.3, -0.25) is 14.9 Å². The van der Waals surface area contributed by atoms with Crippen molar-refractivity contribution in [1.29, 1.82) is 5.26 Å². The van der Waals surface area contributed by atoms with Crippen LogP contribution >= 0.6 is 0 Å². The van der Waals surface area contributed by atoms with Crippen molar-refractivity contribution in [2.75, 3.05) is 0 Å². The van der Waals surface area contributed by atoms with Crippen molar-refractivity contribution in [3.8, 4) is 11.8 Å². The molecule has 3 rings (SSSR count). The Hall–Kier alpha value is -3.21. The standard InChI is InChI=1S/C15H13N5O3/c16-7-13(18-15(21)12-6-14(12)20(22)23)10-8-17-19(9-10)11-4-2-1-3-5-11/h1-5,8-9,12-14H,6H2,(H,18,21)/t12-,13+,14-/m1/s1. The zero-order valence-corrected chi connectivity index (χ0v) is 12.0. The van der Waals surface area contributed by atoms with Gasteiger partial charge in [-0.15, -0.1) is 0 Å². The number of hydrogen-bond donors (Lipinski definition) is 1. The zero-order chi connectivity index (χ0) is 16.4. The number of nitrogens with one attached hydrogen (secondary N) is 1. The van der Waals surface area contributed by atoms with Gasteiger partial charge in [0, 0.05) is 23.1 Å². The van der Waals surface area contributed by atoms with Gasteiger partial charge in [-0.25, -0.2) is 4.68 Å². The number of hydrogen-bond acceptors (Lipinski definition) is 5. The second kappa shape index (κ2) is 5.88. The van der Waals surface area contributed by atoms with Gasteiger partial charge in [0.25, 0.3) is 0 Å². The molecule has 23 heavy (non-hydrogen) atoms. The monoisotopic (exact) mass is 311 g/mol. The molecule has 8 heteroatoms. The van der Waals surface area contributed by atoms with E-state index in [9.17, 15) is 20.2 Å². The lowest BCUT2D eigenvalue weighted by atomic mass is 10.2. The minimum atomic E-state index is -0.882. The normalized spacial score (nSPS) is 20.3. The second-order valence-corrected chi connectivity index (χ2v) is 5.32. The van der Waals surface area contributed by atoms with Crippen molar-refractivity contribution in [3.63, 3.8) is 0 Å². The van der Waals surface area contributed by atoms with Crippen LogP contribution in [0.4, 0.5) is 0 Å². The summed E-state index contributed by atoms with van der Waals surface area (Å²) in [6, 6.07) is 9.61. The molecule has 116 valence electrons. The van der Waals surface area contributed by atoms with Crippen LogP contribution in [0.1, 0.15) is 18.0 Å². The summed E-state index contributed by atoms with van der Waals surface area (Å²) >= 11 is 0. The highest BCUT2D eigenvalue weighted by Crippen LogP contribution is 2.33. The van der Waals surface area contributed by atoms with Gasteiger partial charge in [0.05, 0.1) is 18.0 Å². The maximum Gasteiger partial charge on any atom is 0.231 e. The SMILES string of the molecule is N#C[C@H](NC(=O)[C@@H]1C[C@H]1[N+](=O)[O-])c1cnn(-c2ccccc2)c1. The van der Waals surface area contributed by atoms with Crippen LogP contribution in [0.2, 0.25) is 0 Å². The molecule has 0 spiro atoms. The van der Waals surface area contributed by atoms with Crippen molar-refractivity contribution in [2.45, 2.75) is 18.5 Å². The molecule has 0 unspecified atom stereocenters. The first-order valence-electron chi connectivity index (χ1n) is 7.03. The average Bonchev–Trinajstić information content (AvgIpc) is 3.23. The minimum Gasteiger partial charge on any atom is -0.336 e. The fraction of sp³-hybridized carbons (Fsp3) is 0.267. The minimum absolute atomic E-state index is 0.222. The molecule has 0 saturated heterocycles. The highest BCUT2D eigenvalue weighted by Gasteiger charge is 2.53. The lowest BCUT2D eigenvalue weighted by Gasteiger charge is -2.08. The summed E-state index contributed by atoms with van der Waals surface area (Å²) in [5.41, 5.74) is 1.36. The van der Waals surface area contributed by atoms with Crippen molar-refractivity contribution in [3.05, 3.63) is 58.4 Å². The molecule has 1 saturated carbocycles. The summed E-state index contributed by atoms with van der Waals surface area (Å²) in [7, 11) is 0. The van der Waals surface area contributed by atoms with E-state index in [-0.39, 0.29) is 6.42 Å². The van der Waals surface area contributed by atoms with E-state index in [2.05, 4.69) is 10.4 Å². The lowest BCUT2D eigenvalue weighted by Crippen LogP contribution is -2.30. The summed E-state index contributed by atoms with van der Waals surface area (Å²) in [4.78, 5) is 22.1. The van der Waals surface area contributed by atoms with E-state index in [1.165, 1.54) is 6.20 Å². The van der Waals surface area contributed by atoms with Gasteiger partial charge in [0.15, 0.2) is 0 Å². The van der Waals surface area contributed by atoms with Gasteiger partial charge in [0.1, 0.15) is 12.0 Å². The fourth-order valence-electron chi connectivity index (χ4n) is 2.34. The molecule has 0 aliphatic heterocycles. The number of carbonyl (C=O) groups is 1. The molecule has 1 fully saturated rings. The van der Waals surface area contributed by atoms with Crippen molar-refractivity contribution < 1.29 is 9.72 Å². The summed E-state index contributed by atoms with van der Waals surface area (Å²) in [6.07, 6.45) is 3.38. The van der Waals surface area contributed by atoms with Crippen LogP contribution < -0.4 is 5.32 Å². The van der Waals surface area contributed by atoms with E-state index < -0.39 is 28.8 Å². The molecular formula is C15H13N5O3. The Morgan fingerprint density at radius 2 is 2.22 bits per heavy atom. The highest BCUT2D eigenvalue weighted by atomic mass is 16.6. The Morgan fingerprint density at radius 3 is 2.83 bits per heavy atom. The molecule has 2 aromatic rings. The third-order valence-corrected chi connectivity index (χ3v) is 3.74. The predicted octanol–water partition coefficient (Wildman–Crippen LogP) is 1.22. The topological polar surface area (TPSA) is 114 Å². The van der Waals surface area contributed by atoms with Gasteiger partial charge in [0.2, 0.25) is 11.9 Å². The zero-order valence-electron chi connectivity index (χ0n) is 12.0. The Bertz CT molecular complexity index is 780. The maximum atomic E-state index is 11.9. The first-order valence-corrected chi connectivity index (χ1v) is 7.03. The molecule has 0 bridgehead atoms. The van der Waals surface area contributed by atoms with Crippen LogP contribution in [0.5, 0.6) is 0 Å². The molecule has 1 heterocycles. The number of rotatable bonds is 5. The van der Waals surface area contributed by atoms with Gasteiger partial charge in [-0.05, 0) is 12.1 Å². The smallest absolute Gasteiger partial charge is 0.231 e. The average molecular weight is 311 g/mol. The molecule has 8 nitrogen and oxygen atoms in total. The van der Waals surface area contributed by atoms with Crippen LogP contribution in [0.25, 0.3) is 5.69 Å². The summed E-state index contributed by atoms with van der Waals surface area (Å²) in [5.74, 6) is -1.12. The quantitative estimate of drug-likeness (QED) is 0.658. The van der Waals surface area contributed by atoms with Crippen LogP contribution in [0.15, 0.2) is 42.7 Å². The van der Waals surface area contributed by atoms with Crippen molar-refractivity contribution in [1.82, 2.24) is 15.1 Å². The second-order valence-electron chi connectivity index (χ2n) is 5.32. The highest BCUT2D eigenvalue weighted by molar-refractivity contribution is 5.82. The fourth-order valence-corrected chi connectivity index (χ4v) is 2.34. The summed E-state index contributed by atoms with van der Waals surface area (Å²) < 4.78 is 1.60. The van der Waals surface area contributed by atoms with Crippen molar-refractivity contribution in [2.24, 2.45) is 5.92 Å². The van der Waals surface area contributed by atoms with Crippen molar-refractivity contribution >= 4 is 5.91 Å². The van der Waals surface area contributed by atoms with Gasteiger partial charge >= 0.3 is 0 Å². The van der Waals surface area contributed by atoms with Crippen LogP contribution in [0.3, 0.4) is 0 Å². The van der Waals surface area contributed by atoms with E-state index in [0.717, 1.165) is 5.69 Å². The summed E-state index contributed by atoms with van der Waals surface area (Å²) in [6.45, 7) is 0. The van der Waals surface area contributed by atoms with Gasteiger partial charge in [-0.1, -0.05) is 18.2 Å². The van der Waals surface area contributed by atoms with Crippen LogP contribution in [0, 0.1) is 27.4 Å². The number of nitro groups is 1.